The predicted molar refractivity (Wildman–Crippen MR) is 67.1 cm³/mol. The first-order valence-electron chi connectivity index (χ1n) is 6.10. The second-order valence-corrected chi connectivity index (χ2v) is 4.71. The number of carbonyl (C=O) groups is 1. The lowest BCUT2D eigenvalue weighted by Gasteiger charge is -2.07. The van der Waals surface area contributed by atoms with Crippen molar-refractivity contribution in [3.05, 3.63) is 35.1 Å². The molecule has 0 fully saturated rings. The van der Waals surface area contributed by atoms with Crippen LogP contribution in [0.15, 0.2) is 18.2 Å². The zero-order chi connectivity index (χ0) is 13.5. The third-order valence-corrected chi connectivity index (χ3v) is 2.60. The summed E-state index contributed by atoms with van der Waals surface area (Å²) >= 11 is 0. The topological polar surface area (TPSA) is 46.5 Å². The third-order valence-electron chi connectivity index (χ3n) is 2.60. The summed E-state index contributed by atoms with van der Waals surface area (Å²) in [6.07, 6.45) is 2.08. The van der Waals surface area contributed by atoms with Crippen molar-refractivity contribution in [3.8, 4) is 0 Å². The van der Waals surface area contributed by atoms with Crippen molar-refractivity contribution in [1.82, 2.24) is 0 Å². The molecule has 0 bridgehead atoms. The highest BCUT2D eigenvalue weighted by Gasteiger charge is 2.10. The van der Waals surface area contributed by atoms with Crippen LogP contribution in [0.4, 0.5) is 4.39 Å². The molecule has 1 aromatic carbocycles. The second kappa shape index (κ2) is 7.11. The molecule has 0 amide bonds. The van der Waals surface area contributed by atoms with Crippen LogP contribution in [0, 0.1) is 11.7 Å². The number of benzene rings is 1. The quantitative estimate of drug-likeness (QED) is 0.758. The van der Waals surface area contributed by atoms with E-state index >= 15 is 0 Å². The Balaban J connectivity index is 2.43. The number of hydrogen-bond donors (Lipinski definition) is 1. The van der Waals surface area contributed by atoms with Crippen molar-refractivity contribution >= 4 is 5.97 Å². The standard InChI is InChI=1S/C14H19FO3/c1-10(2)4-3-7-18-9-11-5-6-13(15)12(8-11)14(16)17/h5-6,8,10H,3-4,7,9H2,1-2H3,(H,16,17). The van der Waals surface area contributed by atoms with Gasteiger partial charge in [-0.3, -0.25) is 0 Å². The van der Waals surface area contributed by atoms with E-state index in [4.69, 9.17) is 9.84 Å². The number of carboxylic acids is 1. The van der Waals surface area contributed by atoms with E-state index in [2.05, 4.69) is 13.8 Å². The lowest BCUT2D eigenvalue weighted by atomic mass is 10.1. The fourth-order valence-corrected chi connectivity index (χ4v) is 1.61. The molecule has 0 heterocycles. The maximum Gasteiger partial charge on any atom is 0.338 e. The fraction of sp³-hybridized carbons (Fsp3) is 0.500. The van der Waals surface area contributed by atoms with Crippen molar-refractivity contribution in [3.63, 3.8) is 0 Å². The van der Waals surface area contributed by atoms with E-state index in [0.29, 0.717) is 24.7 Å². The van der Waals surface area contributed by atoms with E-state index < -0.39 is 11.8 Å². The summed E-state index contributed by atoms with van der Waals surface area (Å²) in [4.78, 5) is 10.7. The molecule has 0 spiro atoms. The van der Waals surface area contributed by atoms with Crippen molar-refractivity contribution in [2.75, 3.05) is 6.61 Å². The molecule has 0 radical (unpaired) electrons. The molecule has 100 valence electrons. The molecule has 3 nitrogen and oxygen atoms in total. The largest absolute Gasteiger partial charge is 0.478 e. The SMILES string of the molecule is CC(C)CCCOCc1ccc(F)c(C(=O)O)c1. The number of rotatable bonds is 7. The highest BCUT2D eigenvalue weighted by molar-refractivity contribution is 5.88. The van der Waals surface area contributed by atoms with Gasteiger partial charge in [0.2, 0.25) is 0 Å². The molecule has 1 aromatic rings. The Kier molecular flexibility index (Phi) is 5.78. The summed E-state index contributed by atoms with van der Waals surface area (Å²) in [6, 6.07) is 4.03. The van der Waals surface area contributed by atoms with E-state index in [0.717, 1.165) is 18.9 Å². The lowest BCUT2D eigenvalue weighted by molar-refractivity contribution is 0.0691. The Hall–Kier alpha value is -1.42. The second-order valence-electron chi connectivity index (χ2n) is 4.71. The summed E-state index contributed by atoms with van der Waals surface area (Å²) in [6.45, 7) is 5.26. The average molecular weight is 254 g/mol. The Morgan fingerprint density at radius 1 is 1.44 bits per heavy atom. The molecule has 0 atom stereocenters. The van der Waals surface area contributed by atoms with Gasteiger partial charge in [0.15, 0.2) is 0 Å². The number of aromatic carboxylic acids is 1. The number of hydrogen-bond acceptors (Lipinski definition) is 2. The molecule has 0 aliphatic carbocycles. The molecular formula is C14H19FO3. The lowest BCUT2D eigenvalue weighted by Crippen LogP contribution is -2.03. The van der Waals surface area contributed by atoms with Crippen molar-refractivity contribution in [1.29, 1.82) is 0 Å². The summed E-state index contributed by atoms with van der Waals surface area (Å²) < 4.78 is 18.6. The van der Waals surface area contributed by atoms with Crippen LogP contribution in [-0.4, -0.2) is 17.7 Å². The maximum absolute atomic E-state index is 13.1. The summed E-state index contributed by atoms with van der Waals surface area (Å²) in [5.74, 6) is -1.32. The summed E-state index contributed by atoms with van der Waals surface area (Å²) in [5.41, 5.74) is 0.372. The zero-order valence-electron chi connectivity index (χ0n) is 10.8. The minimum Gasteiger partial charge on any atom is -0.478 e. The minimum absolute atomic E-state index is 0.307. The highest BCUT2D eigenvalue weighted by atomic mass is 19.1. The Morgan fingerprint density at radius 2 is 2.17 bits per heavy atom. The molecule has 0 aromatic heterocycles. The van der Waals surface area contributed by atoms with Gasteiger partial charge in [-0.1, -0.05) is 19.9 Å². The Labute approximate surface area is 107 Å². The van der Waals surface area contributed by atoms with Gasteiger partial charge in [-0.15, -0.1) is 0 Å². The summed E-state index contributed by atoms with van der Waals surface area (Å²) in [5, 5.41) is 8.78. The van der Waals surface area contributed by atoms with E-state index in [9.17, 15) is 9.18 Å². The van der Waals surface area contributed by atoms with Gasteiger partial charge in [-0.2, -0.15) is 0 Å². The minimum atomic E-state index is -1.26. The first-order chi connectivity index (χ1) is 8.50. The molecule has 4 heteroatoms. The van der Waals surface area contributed by atoms with Crippen molar-refractivity contribution in [2.24, 2.45) is 5.92 Å². The smallest absolute Gasteiger partial charge is 0.338 e. The molecule has 0 saturated carbocycles. The van der Waals surface area contributed by atoms with Crippen LogP contribution in [0.3, 0.4) is 0 Å². The number of ether oxygens (including phenoxy) is 1. The van der Waals surface area contributed by atoms with E-state index in [1.165, 1.54) is 6.07 Å². The predicted octanol–water partition coefficient (Wildman–Crippen LogP) is 3.48. The molecule has 1 N–H and O–H groups in total. The first kappa shape index (κ1) is 14.6. The van der Waals surface area contributed by atoms with Crippen LogP contribution in [0.2, 0.25) is 0 Å². The van der Waals surface area contributed by atoms with Crippen LogP contribution < -0.4 is 0 Å². The van der Waals surface area contributed by atoms with E-state index in [1.54, 1.807) is 6.07 Å². The van der Waals surface area contributed by atoms with Gasteiger partial charge < -0.3 is 9.84 Å². The van der Waals surface area contributed by atoms with Crippen LogP contribution >= 0.6 is 0 Å². The highest BCUT2D eigenvalue weighted by Crippen LogP contribution is 2.12. The summed E-state index contributed by atoms with van der Waals surface area (Å²) in [7, 11) is 0. The molecule has 1 rings (SSSR count). The first-order valence-corrected chi connectivity index (χ1v) is 6.10. The van der Waals surface area contributed by atoms with Crippen LogP contribution in [0.1, 0.15) is 42.6 Å². The Bertz CT molecular complexity index is 402. The van der Waals surface area contributed by atoms with Gasteiger partial charge in [0.05, 0.1) is 12.2 Å². The number of carboxylic acid groups (broad SMARTS) is 1. The Morgan fingerprint density at radius 3 is 2.78 bits per heavy atom. The van der Waals surface area contributed by atoms with Crippen LogP contribution in [-0.2, 0) is 11.3 Å². The molecule has 0 saturated heterocycles. The normalized spacial score (nSPS) is 10.9. The third kappa shape index (κ3) is 4.84. The average Bonchev–Trinajstić information content (AvgIpc) is 2.30. The molecule has 0 aliphatic heterocycles. The van der Waals surface area contributed by atoms with Gasteiger partial charge in [-0.25, -0.2) is 9.18 Å². The number of halogens is 1. The molecule has 0 aliphatic rings. The van der Waals surface area contributed by atoms with Gasteiger partial charge in [0.1, 0.15) is 5.82 Å². The van der Waals surface area contributed by atoms with Crippen molar-refractivity contribution in [2.45, 2.75) is 33.3 Å². The zero-order valence-corrected chi connectivity index (χ0v) is 10.8. The molecule has 18 heavy (non-hydrogen) atoms. The monoisotopic (exact) mass is 254 g/mol. The van der Waals surface area contributed by atoms with E-state index in [1.807, 2.05) is 0 Å². The van der Waals surface area contributed by atoms with E-state index in [-0.39, 0.29) is 5.56 Å². The van der Waals surface area contributed by atoms with Crippen LogP contribution in [0.5, 0.6) is 0 Å². The fourth-order valence-electron chi connectivity index (χ4n) is 1.61. The van der Waals surface area contributed by atoms with Gasteiger partial charge in [0.25, 0.3) is 0 Å². The van der Waals surface area contributed by atoms with Gasteiger partial charge >= 0.3 is 5.97 Å². The van der Waals surface area contributed by atoms with Gasteiger partial charge in [0, 0.05) is 6.61 Å². The molecular weight excluding hydrogens is 235 g/mol. The van der Waals surface area contributed by atoms with Crippen LogP contribution in [0.25, 0.3) is 0 Å². The van der Waals surface area contributed by atoms with Gasteiger partial charge in [-0.05, 0) is 36.5 Å². The molecule has 0 unspecified atom stereocenters. The maximum atomic E-state index is 13.1. The van der Waals surface area contributed by atoms with Crippen molar-refractivity contribution < 1.29 is 19.0 Å².